The van der Waals surface area contributed by atoms with Crippen molar-refractivity contribution >= 4 is 5.91 Å². The van der Waals surface area contributed by atoms with Gasteiger partial charge < -0.3 is 10.1 Å². The van der Waals surface area contributed by atoms with E-state index in [-0.39, 0.29) is 17.7 Å². The normalized spacial score (nSPS) is 15.0. The number of nitrogens with zero attached hydrogens (tertiary/aromatic N) is 3. The quantitative estimate of drug-likeness (QED) is 0.868. The highest BCUT2D eigenvalue weighted by Crippen LogP contribution is 2.24. The standard InChI is InChI=1S/C14H17N5O2/c20-13(12-9-17-19-18-12)16-8-10-4-3-7-15-14(10)21-11-5-1-2-6-11/h3-4,7,9,11H,1-2,5-6,8H2,(H,16,20)(H,17,18,19). The van der Waals surface area contributed by atoms with Crippen molar-refractivity contribution in [1.82, 2.24) is 25.7 Å². The highest BCUT2D eigenvalue weighted by atomic mass is 16.5. The Labute approximate surface area is 122 Å². The van der Waals surface area contributed by atoms with Crippen molar-refractivity contribution in [2.24, 2.45) is 0 Å². The molecular formula is C14H17N5O2. The largest absolute Gasteiger partial charge is 0.474 e. The number of amides is 1. The fourth-order valence-electron chi connectivity index (χ4n) is 2.41. The van der Waals surface area contributed by atoms with Gasteiger partial charge in [0.2, 0.25) is 5.88 Å². The molecule has 0 unspecified atom stereocenters. The lowest BCUT2D eigenvalue weighted by atomic mass is 10.2. The minimum atomic E-state index is -0.278. The van der Waals surface area contributed by atoms with E-state index in [2.05, 4.69) is 25.7 Å². The number of aromatic nitrogens is 4. The van der Waals surface area contributed by atoms with Gasteiger partial charge in [-0.25, -0.2) is 4.98 Å². The average Bonchev–Trinajstić information content (AvgIpc) is 3.19. The van der Waals surface area contributed by atoms with Gasteiger partial charge in [-0.15, -0.1) is 0 Å². The molecule has 1 aliphatic carbocycles. The molecule has 0 radical (unpaired) electrons. The average molecular weight is 287 g/mol. The molecule has 21 heavy (non-hydrogen) atoms. The van der Waals surface area contributed by atoms with Gasteiger partial charge in [0.25, 0.3) is 5.91 Å². The van der Waals surface area contributed by atoms with E-state index >= 15 is 0 Å². The molecule has 2 heterocycles. The van der Waals surface area contributed by atoms with Crippen LogP contribution in [0.2, 0.25) is 0 Å². The molecule has 0 saturated heterocycles. The second-order valence-electron chi connectivity index (χ2n) is 5.03. The molecule has 7 heteroatoms. The van der Waals surface area contributed by atoms with Gasteiger partial charge in [0.05, 0.1) is 6.20 Å². The Hall–Kier alpha value is -2.44. The van der Waals surface area contributed by atoms with Crippen molar-refractivity contribution in [1.29, 1.82) is 0 Å². The lowest BCUT2D eigenvalue weighted by Crippen LogP contribution is -2.24. The predicted octanol–water partition coefficient (Wildman–Crippen LogP) is 1.45. The minimum Gasteiger partial charge on any atom is -0.474 e. The molecule has 1 amide bonds. The number of hydrogen-bond acceptors (Lipinski definition) is 5. The highest BCUT2D eigenvalue weighted by Gasteiger charge is 2.19. The highest BCUT2D eigenvalue weighted by molar-refractivity contribution is 5.91. The van der Waals surface area contributed by atoms with Crippen molar-refractivity contribution in [3.05, 3.63) is 35.8 Å². The van der Waals surface area contributed by atoms with Crippen LogP contribution in [0.3, 0.4) is 0 Å². The van der Waals surface area contributed by atoms with Crippen LogP contribution in [0, 0.1) is 0 Å². The number of ether oxygens (including phenoxy) is 1. The molecule has 0 spiro atoms. The minimum absolute atomic E-state index is 0.241. The third-order valence-electron chi connectivity index (χ3n) is 3.52. The summed E-state index contributed by atoms with van der Waals surface area (Å²) in [6, 6.07) is 3.74. The fourth-order valence-corrected chi connectivity index (χ4v) is 2.41. The van der Waals surface area contributed by atoms with Crippen LogP contribution in [-0.4, -0.2) is 32.4 Å². The summed E-state index contributed by atoms with van der Waals surface area (Å²) in [5.74, 6) is 0.323. The maximum atomic E-state index is 11.8. The molecule has 0 atom stereocenters. The first-order valence-electron chi connectivity index (χ1n) is 7.07. The van der Waals surface area contributed by atoms with Crippen molar-refractivity contribution in [3.8, 4) is 5.88 Å². The SMILES string of the molecule is O=C(NCc1cccnc1OC1CCCC1)c1cn[nH]n1. The molecule has 2 aromatic heterocycles. The van der Waals surface area contributed by atoms with Crippen LogP contribution in [0.1, 0.15) is 41.7 Å². The number of aromatic amines is 1. The molecule has 3 rings (SSSR count). The topological polar surface area (TPSA) is 92.8 Å². The van der Waals surface area contributed by atoms with Gasteiger partial charge in [-0.3, -0.25) is 4.79 Å². The van der Waals surface area contributed by atoms with Gasteiger partial charge in [-0.2, -0.15) is 15.4 Å². The Bertz CT molecular complexity index is 593. The van der Waals surface area contributed by atoms with Gasteiger partial charge >= 0.3 is 0 Å². The van der Waals surface area contributed by atoms with Gasteiger partial charge in [0.1, 0.15) is 6.10 Å². The van der Waals surface area contributed by atoms with E-state index in [1.54, 1.807) is 6.20 Å². The van der Waals surface area contributed by atoms with E-state index in [0.717, 1.165) is 18.4 Å². The van der Waals surface area contributed by atoms with Crippen LogP contribution in [0.15, 0.2) is 24.5 Å². The van der Waals surface area contributed by atoms with Crippen LogP contribution in [0.4, 0.5) is 0 Å². The van der Waals surface area contributed by atoms with Crippen LogP contribution in [0.25, 0.3) is 0 Å². The van der Waals surface area contributed by atoms with Crippen molar-refractivity contribution in [2.45, 2.75) is 38.3 Å². The summed E-state index contributed by atoms with van der Waals surface area (Å²) in [6.07, 6.45) is 7.88. The Morgan fingerprint density at radius 1 is 1.43 bits per heavy atom. The van der Waals surface area contributed by atoms with Gasteiger partial charge in [0, 0.05) is 18.3 Å². The summed E-state index contributed by atoms with van der Waals surface area (Å²) in [7, 11) is 0. The summed E-state index contributed by atoms with van der Waals surface area (Å²) < 4.78 is 5.93. The summed E-state index contributed by atoms with van der Waals surface area (Å²) in [5, 5.41) is 12.5. The zero-order valence-corrected chi connectivity index (χ0v) is 11.6. The summed E-state index contributed by atoms with van der Waals surface area (Å²) in [4.78, 5) is 16.1. The summed E-state index contributed by atoms with van der Waals surface area (Å²) in [5.41, 5.74) is 1.12. The molecule has 0 aliphatic heterocycles. The second kappa shape index (κ2) is 6.34. The smallest absolute Gasteiger partial charge is 0.273 e. The molecule has 2 N–H and O–H groups in total. The van der Waals surface area contributed by atoms with Gasteiger partial charge in [0.15, 0.2) is 5.69 Å². The Morgan fingerprint density at radius 3 is 3.05 bits per heavy atom. The number of nitrogens with one attached hydrogen (secondary N) is 2. The maximum Gasteiger partial charge on any atom is 0.273 e. The number of carbonyl (C=O) groups is 1. The molecule has 0 aromatic carbocycles. The van der Waals surface area contributed by atoms with E-state index in [1.807, 2.05) is 12.1 Å². The fraction of sp³-hybridized carbons (Fsp3) is 0.429. The molecule has 110 valence electrons. The summed E-state index contributed by atoms with van der Waals surface area (Å²) in [6.45, 7) is 0.349. The predicted molar refractivity (Wildman–Crippen MR) is 74.7 cm³/mol. The van der Waals surface area contributed by atoms with E-state index in [4.69, 9.17) is 4.74 Å². The molecule has 2 aromatic rings. The van der Waals surface area contributed by atoms with Gasteiger partial charge in [-0.1, -0.05) is 6.07 Å². The van der Waals surface area contributed by atoms with E-state index in [9.17, 15) is 4.79 Å². The molecule has 0 bridgehead atoms. The van der Waals surface area contributed by atoms with E-state index in [1.165, 1.54) is 19.0 Å². The van der Waals surface area contributed by atoms with Crippen LogP contribution < -0.4 is 10.1 Å². The first kappa shape index (κ1) is 13.5. The monoisotopic (exact) mass is 287 g/mol. The van der Waals surface area contributed by atoms with Crippen LogP contribution in [-0.2, 0) is 6.54 Å². The number of rotatable bonds is 5. The maximum absolute atomic E-state index is 11.8. The number of carbonyl (C=O) groups excluding carboxylic acids is 1. The summed E-state index contributed by atoms with van der Waals surface area (Å²) >= 11 is 0. The Morgan fingerprint density at radius 2 is 2.29 bits per heavy atom. The van der Waals surface area contributed by atoms with Crippen molar-refractivity contribution < 1.29 is 9.53 Å². The molecule has 7 nitrogen and oxygen atoms in total. The first-order valence-corrected chi connectivity index (χ1v) is 7.07. The van der Waals surface area contributed by atoms with E-state index < -0.39 is 0 Å². The lowest BCUT2D eigenvalue weighted by molar-refractivity contribution is 0.0945. The first-order chi connectivity index (χ1) is 10.3. The number of pyridine rings is 1. The molecule has 1 aliphatic rings. The van der Waals surface area contributed by atoms with Crippen LogP contribution in [0.5, 0.6) is 5.88 Å². The molecular weight excluding hydrogens is 270 g/mol. The third kappa shape index (κ3) is 3.36. The Kier molecular flexibility index (Phi) is 4.09. The zero-order valence-electron chi connectivity index (χ0n) is 11.6. The molecule has 1 fully saturated rings. The zero-order chi connectivity index (χ0) is 14.5. The molecule has 1 saturated carbocycles. The lowest BCUT2D eigenvalue weighted by Gasteiger charge is -2.15. The van der Waals surface area contributed by atoms with Crippen molar-refractivity contribution in [3.63, 3.8) is 0 Å². The second-order valence-corrected chi connectivity index (χ2v) is 5.03. The number of hydrogen-bond donors (Lipinski definition) is 2. The number of H-pyrrole nitrogens is 1. The van der Waals surface area contributed by atoms with E-state index in [0.29, 0.717) is 12.4 Å². The van der Waals surface area contributed by atoms with Crippen molar-refractivity contribution in [2.75, 3.05) is 0 Å². The third-order valence-corrected chi connectivity index (χ3v) is 3.52. The van der Waals surface area contributed by atoms with Crippen LogP contribution >= 0.6 is 0 Å². The van der Waals surface area contributed by atoms with Gasteiger partial charge in [-0.05, 0) is 31.7 Å². The Balaban J connectivity index is 1.63.